The van der Waals surface area contributed by atoms with E-state index in [2.05, 4.69) is 45.4 Å². The Morgan fingerprint density at radius 3 is 2.48 bits per heavy atom. The molecule has 152 valence electrons. The zero-order chi connectivity index (χ0) is 17.1. The molecule has 1 atom stereocenters. The van der Waals surface area contributed by atoms with Crippen molar-refractivity contribution in [3.63, 3.8) is 0 Å². The molecule has 1 aromatic carbocycles. The molecule has 0 aliphatic carbocycles. The molecule has 3 saturated heterocycles. The highest BCUT2D eigenvalue weighted by Gasteiger charge is 2.39. The maximum atomic E-state index is 13.0. The number of nitrogens with zero attached hydrogens (tertiary/aromatic N) is 2. The summed E-state index contributed by atoms with van der Waals surface area (Å²) in [7, 11) is 0. The van der Waals surface area contributed by atoms with Crippen LogP contribution in [-0.4, -0.2) is 55.0 Å². The average molecular weight is 414 g/mol. The van der Waals surface area contributed by atoms with E-state index >= 15 is 0 Å². The quantitative estimate of drug-likeness (QED) is 0.824. The lowest BCUT2D eigenvalue weighted by molar-refractivity contribution is -0.139. The second kappa shape index (κ2) is 10.1. The Balaban J connectivity index is 0.00000131. The Morgan fingerprint density at radius 2 is 1.81 bits per heavy atom. The van der Waals surface area contributed by atoms with Crippen LogP contribution in [0.25, 0.3) is 0 Å². The van der Waals surface area contributed by atoms with Gasteiger partial charge in [-0.3, -0.25) is 9.69 Å². The molecule has 0 bridgehead atoms. The van der Waals surface area contributed by atoms with Crippen LogP contribution in [0.5, 0.6) is 0 Å². The van der Waals surface area contributed by atoms with Gasteiger partial charge in [0.05, 0.1) is 5.92 Å². The minimum atomic E-state index is 0. The average Bonchev–Trinajstić information content (AvgIpc) is 3.11. The molecular formula is C21H33Cl2N3O. The van der Waals surface area contributed by atoms with Crippen molar-refractivity contribution in [2.45, 2.75) is 38.6 Å². The van der Waals surface area contributed by atoms with Gasteiger partial charge in [-0.25, -0.2) is 0 Å². The minimum absolute atomic E-state index is 0. The molecule has 6 heteroatoms. The SMILES string of the molecule is Cl.Cl.O=C(C1CCCN(Cc2ccccc2)C1)N1CCC2(CCNC2)CC1. The fourth-order valence-corrected chi connectivity index (χ4v) is 4.92. The summed E-state index contributed by atoms with van der Waals surface area (Å²) in [6.07, 6.45) is 5.87. The Hall–Kier alpha value is -0.810. The number of hydrogen-bond acceptors (Lipinski definition) is 3. The Morgan fingerprint density at radius 1 is 1.07 bits per heavy atom. The van der Waals surface area contributed by atoms with Crippen LogP contribution >= 0.6 is 24.8 Å². The van der Waals surface area contributed by atoms with Gasteiger partial charge in [0, 0.05) is 32.7 Å². The van der Waals surface area contributed by atoms with E-state index in [0.717, 1.165) is 58.7 Å². The number of rotatable bonds is 3. The maximum Gasteiger partial charge on any atom is 0.226 e. The van der Waals surface area contributed by atoms with Crippen LogP contribution in [0.1, 0.15) is 37.7 Å². The Bertz CT molecular complexity index is 582. The lowest BCUT2D eigenvalue weighted by Gasteiger charge is -2.41. The molecule has 4 nitrogen and oxygen atoms in total. The third kappa shape index (κ3) is 5.38. The number of hydrogen-bond donors (Lipinski definition) is 1. The number of carbonyl (C=O) groups excluding carboxylic acids is 1. The van der Waals surface area contributed by atoms with E-state index in [-0.39, 0.29) is 30.7 Å². The number of likely N-dealkylation sites (tertiary alicyclic amines) is 2. The lowest BCUT2D eigenvalue weighted by atomic mass is 9.77. The fourth-order valence-electron chi connectivity index (χ4n) is 4.92. The summed E-state index contributed by atoms with van der Waals surface area (Å²) in [6.45, 7) is 7.27. The fraction of sp³-hybridized carbons (Fsp3) is 0.667. The molecule has 1 N–H and O–H groups in total. The molecule has 4 rings (SSSR count). The molecule has 1 unspecified atom stereocenters. The predicted octanol–water partition coefficient (Wildman–Crippen LogP) is 3.34. The van der Waals surface area contributed by atoms with Crippen LogP contribution < -0.4 is 5.32 Å². The van der Waals surface area contributed by atoms with Crippen molar-refractivity contribution >= 4 is 30.7 Å². The number of carbonyl (C=O) groups is 1. The van der Waals surface area contributed by atoms with Crippen molar-refractivity contribution in [2.75, 3.05) is 39.3 Å². The van der Waals surface area contributed by atoms with Gasteiger partial charge in [-0.2, -0.15) is 0 Å². The monoisotopic (exact) mass is 413 g/mol. The van der Waals surface area contributed by atoms with Gasteiger partial charge < -0.3 is 10.2 Å². The van der Waals surface area contributed by atoms with Crippen molar-refractivity contribution < 1.29 is 4.79 Å². The van der Waals surface area contributed by atoms with Gasteiger partial charge in [0.2, 0.25) is 5.91 Å². The van der Waals surface area contributed by atoms with E-state index in [1.54, 1.807) is 0 Å². The van der Waals surface area contributed by atoms with Gasteiger partial charge in [-0.1, -0.05) is 30.3 Å². The first-order valence-electron chi connectivity index (χ1n) is 10.00. The molecule has 1 aromatic rings. The summed E-state index contributed by atoms with van der Waals surface area (Å²) in [6, 6.07) is 10.6. The zero-order valence-corrected chi connectivity index (χ0v) is 17.7. The van der Waals surface area contributed by atoms with Gasteiger partial charge in [0.25, 0.3) is 0 Å². The summed E-state index contributed by atoms with van der Waals surface area (Å²) >= 11 is 0. The molecule has 3 fully saturated rings. The van der Waals surface area contributed by atoms with E-state index < -0.39 is 0 Å². The van der Waals surface area contributed by atoms with Gasteiger partial charge in [-0.15, -0.1) is 24.8 Å². The third-order valence-corrected chi connectivity index (χ3v) is 6.57. The smallest absolute Gasteiger partial charge is 0.226 e. The number of halogens is 2. The number of benzene rings is 1. The molecule has 0 saturated carbocycles. The summed E-state index contributed by atoms with van der Waals surface area (Å²) in [5.74, 6) is 0.617. The highest BCUT2D eigenvalue weighted by atomic mass is 35.5. The first-order valence-corrected chi connectivity index (χ1v) is 10.00. The van der Waals surface area contributed by atoms with Crippen molar-refractivity contribution in [3.8, 4) is 0 Å². The van der Waals surface area contributed by atoms with Crippen LogP contribution in [0.15, 0.2) is 30.3 Å². The lowest BCUT2D eigenvalue weighted by Crippen LogP contribution is -2.49. The minimum Gasteiger partial charge on any atom is -0.342 e. The summed E-state index contributed by atoms with van der Waals surface area (Å²) in [5.41, 5.74) is 1.84. The molecular weight excluding hydrogens is 381 g/mol. The standard InChI is InChI=1S/C21H31N3O.2ClH/c25-20(24-13-9-21(10-14-24)8-11-22-17-21)19-7-4-12-23(16-19)15-18-5-2-1-3-6-18;;/h1-3,5-6,19,22H,4,7-17H2;2*1H. The van der Waals surface area contributed by atoms with Crippen molar-refractivity contribution in [1.29, 1.82) is 0 Å². The molecule has 0 radical (unpaired) electrons. The first kappa shape index (κ1) is 22.5. The van der Waals surface area contributed by atoms with E-state index in [1.807, 2.05) is 0 Å². The summed E-state index contributed by atoms with van der Waals surface area (Å²) in [4.78, 5) is 17.7. The molecule has 3 heterocycles. The van der Waals surface area contributed by atoms with Crippen LogP contribution in [-0.2, 0) is 11.3 Å². The summed E-state index contributed by atoms with van der Waals surface area (Å²) in [5, 5.41) is 3.51. The second-order valence-corrected chi connectivity index (χ2v) is 8.31. The van der Waals surface area contributed by atoms with Crippen molar-refractivity contribution in [1.82, 2.24) is 15.1 Å². The first-order chi connectivity index (χ1) is 12.2. The molecule has 27 heavy (non-hydrogen) atoms. The summed E-state index contributed by atoms with van der Waals surface area (Å²) < 4.78 is 0. The van der Waals surface area contributed by atoms with E-state index in [9.17, 15) is 4.79 Å². The van der Waals surface area contributed by atoms with Crippen molar-refractivity contribution in [3.05, 3.63) is 35.9 Å². The van der Waals surface area contributed by atoms with Crippen LogP contribution in [0, 0.1) is 11.3 Å². The van der Waals surface area contributed by atoms with Gasteiger partial charge in [-0.05, 0) is 56.2 Å². The van der Waals surface area contributed by atoms with Crippen molar-refractivity contribution in [2.24, 2.45) is 11.3 Å². The van der Waals surface area contributed by atoms with E-state index in [4.69, 9.17) is 0 Å². The van der Waals surface area contributed by atoms with Crippen LogP contribution in [0.2, 0.25) is 0 Å². The Kier molecular flexibility index (Phi) is 8.41. The second-order valence-electron chi connectivity index (χ2n) is 8.31. The number of nitrogens with one attached hydrogen (secondary N) is 1. The highest BCUT2D eigenvalue weighted by Crippen LogP contribution is 2.37. The largest absolute Gasteiger partial charge is 0.342 e. The molecule has 0 aromatic heterocycles. The van der Waals surface area contributed by atoms with Crippen LogP contribution in [0.4, 0.5) is 0 Å². The number of piperidine rings is 2. The normalized spacial score (nSPS) is 24.9. The molecule has 1 spiro atoms. The van der Waals surface area contributed by atoms with Gasteiger partial charge in [0.1, 0.15) is 0 Å². The topological polar surface area (TPSA) is 35.6 Å². The van der Waals surface area contributed by atoms with Gasteiger partial charge >= 0.3 is 0 Å². The predicted molar refractivity (Wildman–Crippen MR) is 115 cm³/mol. The van der Waals surface area contributed by atoms with Crippen LogP contribution in [0.3, 0.4) is 0 Å². The highest BCUT2D eigenvalue weighted by molar-refractivity contribution is 5.85. The zero-order valence-electron chi connectivity index (χ0n) is 16.1. The molecule has 3 aliphatic heterocycles. The Labute approximate surface area is 175 Å². The third-order valence-electron chi connectivity index (χ3n) is 6.57. The number of amides is 1. The molecule has 3 aliphatic rings. The van der Waals surface area contributed by atoms with E-state index in [1.165, 1.54) is 24.8 Å². The van der Waals surface area contributed by atoms with Gasteiger partial charge in [0.15, 0.2) is 0 Å². The maximum absolute atomic E-state index is 13.0. The molecule has 1 amide bonds. The van der Waals surface area contributed by atoms with E-state index in [0.29, 0.717) is 11.3 Å².